The third-order valence-corrected chi connectivity index (χ3v) is 5.37. The van der Waals surface area contributed by atoms with Crippen LogP contribution in [-0.4, -0.2) is 45.4 Å². The normalized spacial score (nSPS) is 11.5. The third kappa shape index (κ3) is 4.18. The maximum absolute atomic E-state index is 12.6. The number of hydrogen-bond acceptors (Lipinski definition) is 5. The molecule has 0 fully saturated rings. The summed E-state index contributed by atoms with van der Waals surface area (Å²) >= 11 is 0. The van der Waals surface area contributed by atoms with Crippen LogP contribution in [0.2, 0.25) is 0 Å². The Kier molecular flexibility index (Phi) is 6.17. The van der Waals surface area contributed by atoms with Crippen LogP contribution in [0.3, 0.4) is 0 Å². The molecule has 0 spiro atoms. The Morgan fingerprint density at radius 2 is 1.90 bits per heavy atom. The van der Waals surface area contributed by atoms with Crippen molar-refractivity contribution in [3.05, 3.63) is 23.8 Å². The molecule has 0 aliphatic rings. The van der Waals surface area contributed by atoms with Gasteiger partial charge in [0.1, 0.15) is 6.54 Å². The molecule has 118 valence electrons. The summed E-state index contributed by atoms with van der Waals surface area (Å²) in [4.78, 5) is 11.4. The van der Waals surface area contributed by atoms with Gasteiger partial charge in [-0.2, -0.15) is 4.31 Å². The van der Waals surface area contributed by atoms with Crippen LogP contribution in [0.4, 0.5) is 5.69 Å². The fraction of sp³-hybridized carbons (Fsp3) is 0.500. The number of ether oxygens (including phenoxy) is 1. The molecule has 0 aliphatic carbocycles. The van der Waals surface area contributed by atoms with E-state index in [1.807, 2.05) is 0 Å². The second kappa shape index (κ2) is 7.42. The lowest BCUT2D eigenvalue weighted by atomic mass is 10.2. The van der Waals surface area contributed by atoms with E-state index in [4.69, 9.17) is 0 Å². The van der Waals surface area contributed by atoms with E-state index in [1.54, 1.807) is 39.0 Å². The predicted octanol–water partition coefficient (Wildman–Crippen LogP) is 1.61. The first-order valence-corrected chi connectivity index (χ1v) is 8.22. The molecule has 0 heterocycles. The molecule has 7 heteroatoms. The zero-order valence-corrected chi connectivity index (χ0v) is 13.7. The highest BCUT2D eigenvalue weighted by molar-refractivity contribution is 7.89. The van der Waals surface area contributed by atoms with Crippen molar-refractivity contribution in [2.75, 3.05) is 32.1 Å². The van der Waals surface area contributed by atoms with E-state index in [2.05, 4.69) is 10.1 Å². The molecule has 6 nitrogen and oxygen atoms in total. The molecule has 1 N–H and O–H groups in total. The van der Waals surface area contributed by atoms with Gasteiger partial charge < -0.3 is 10.1 Å². The molecule has 0 aliphatic heterocycles. The number of benzene rings is 1. The van der Waals surface area contributed by atoms with E-state index >= 15 is 0 Å². The average molecular weight is 314 g/mol. The summed E-state index contributed by atoms with van der Waals surface area (Å²) in [6.07, 6.45) is 0. The molecule has 21 heavy (non-hydrogen) atoms. The van der Waals surface area contributed by atoms with Gasteiger partial charge >= 0.3 is 5.97 Å². The standard InChI is InChI=1S/C14H22N2O4S/c1-5-16(6-2)21(18,19)13-9-12(8-7-11(13)3)15-10-14(17)20-4/h7-9,15H,5-6,10H2,1-4H3. The maximum Gasteiger partial charge on any atom is 0.325 e. The third-order valence-electron chi connectivity index (χ3n) is 3.18. The number of rotatable bonds is 7. The van der Waals surface area contributed by atoms with Crippen LogP contribution >= 0.6 is 0 Å². The lowest BCUT2D eigenvalue weighted by Gasteiger charge is -2.20. The first kappa shape index (κ1) is 17.5. The Hall–Kier alpha value is -1.60. The number of carbonyl (C=O) groups is 1. The van der Waals surface area contributed by atoms with Crippen molar-refractivity contribution in [3.8, 4) is 0 Å². The maximum atomic E-state index is 12.6. The molecule has 1 aromatic rings. The van der Waals surface area contributed by atoms with Crippen LogP contribution in [-0.2, 0) is 19.6 Å². The SMILES string of the molecule is CCN(CC)S(=O)(=O)c1cc(NCC(=O)OC)ccc1C. The minimum atomic E-state index is -3.52. The number of nitrogens with zero attached hydrogens (tertiary/aromatic N) is 1. The number of sulfonamides is 1. The monoisotopic (exact) mass is 314 g/mol. The van der Waals surface area contributed by atoms with Crippen LogP contribution in [0.1, 0.15) is 19.4 Å². The molecular formula is C14H22N2O4S. The molecule has 0 amide bonds. The molecule has 0 saturated carbocycles. The van der Waals surface area contributed by atoms with Gasteiger partial charge in [-0.05, 0) is 24.6 Å². The van der Waals surface area contributed by atoms with Gasteiger partial charge in [0.2, 0.25) is 10.0 Å². The Morgan fingerprint density at radius 3 is 2.43 bits per heavy atom. The summed E-state index contributed by atoms with van der Waals surface area (Å²) in [5, 5.41) is 2.85. The van der Waals surface area contributed by atoms with Crippen LogP contribution < -0.4 is 5.32 Å². The van der Waals surface area contributed by atoms with Crippen molar-refractivity contribution in [1.29, 1.82) is 0 Å². The number of nitrogens with one attached hydrogen (secondary N) is 1. The fourth-order valence-electron chi connectivity index (χ4n) is 1.94. The number of carbonyl (C=O) groups excluding carboxylic acids is 1. The van der Waals surface area contributed by atoms with Gasteiger partial charge in [0.25, 0.3) is 0 Å². The fourth-order valence-corrected chi connectivity index (χ4v) is 3.65. The van der Waals surface area contributed by atoms with Crippen molar-refractivity contribution in [2.24, 2.45) is 0 Å². The van der Waals surface area contributed by atoms with Gasteiger partial charge in [-0.1, -0.05) is 19.9 Å². The molecular weight excluding hydrogens is 292 g/mol. The smallest absolute Gasteiger partial charge is 0.325 e. The van der Waals surface area contributed by atoms with Crippen molar-refractivity contribution in [1.82, 2.24) is 4.31 Å². The van der Waals surface area contributed by atoms with Gasteiger partial charge in [-0.25, -0.2) is 8.42 Å². The molecule has 0 radical (unpaired) electrons. The van der Waals surface area contributed by atoms with Crippen LogP contribution in [0.5, 0.6) is 0 Å². The zero-order chi connectivity index (χ0) is 16.0. The first-order valence-electron chi connectivity index (χ1n) is 6.78. The number of methoxy groups -OCH3 is 1. The summed E-state index contributed by atoms with van der Waals surface area (Å²) in [5.41, 5.74) is 1.24. The summed E-state index contributed by atoms with van der Waals surface area (Å²) in [7, 11) is -2.22. The van der Waals surface area contributed by atoms with Crippen molar-refractivity contribution < 1.29 is 17.9 Å². The summed E-state index contributed by atoms with van der Waals surface area (Å²) < 4.78 is 31.1. The second-order valence-electron chi connectivity index (χ2n) is 4.50. The van der Waals surface area contributed by atoms with Gasteiger partial charge in [0.05, 0.1) is 12.0 Å². The van der Waals surface area contributed by atoms with E-state index in [0.717, 1.165) is 0 Å². The molecule has 1 aromatic carbocycles. The van der Waals surface area contributed by atoms with Gasteiger partial charge in [0, 0.05) is 18.8 Å². The first-order chi connectivity index (χ1) is 9.86. The lowest BCUT2D eigenvalue weighted by Crippen LogP contribution is -2.31. The highest BCUT2D eigenvalue weighted by atomic mass is 32.2. The number of hydrogen-bond donors (Lipinski definition) is 1. The van der Waals surface area contributed by atoms with E-state index < -0.39 is 16.0 Å². The Balaban J connectivity index is 3.10. The van der Waals surface area contributed by atoms with Crippen LogP contribution in [0.25, 0.3) is 0 Å². The predicted molar refractivity (Wildman–Crippen MR) is 81.8 cm³/mol. The molecule has 1 rings (SSSR count). The Morgan fingerprint density at radius 1 is 1.29 bits per heavy atom. The average Bonchev–Trinajstić information content (AvgIpc) is 2.46. The van der Waals surface area contributed by atoms with Crippen molar-refractivity contribution in [2.45, 2.75) is 25.7 Å². The number of aryl methyl sites for hydroxylation is 1. The van der Waals surface area contributed by atoms with Gasteiger partial charge in [-0.15, -0.1) is 0 Å². The highest BCUT2D eigenvalue weighted by Crippen LogP contribution is 2.23. The quantitative estimate of drug-likeness (QED) is 0.774. The molecule has 0 aromatic heterocycles. The minimum absolute atomic E-state index is 0.00960. The number of anilines is 1. The Labute approximate surface area is 126 Å². The van der Waals surface area contributed by atoms with E-state index in [-0.39, 0.29) is 11.4 Å². The summed E-state index contributed by atoms with van der Waals surface area (Å²) in [5.74, 6) is -0.413. The summed E-state index contributed by atoms with van der Waals surface area (Å²) in [6, 6.07) is 5.00. The molecule has 0 unspecified atom stereocenters. The molecule has 0 bridgehead atoms. The lowest BCUT2D eigenvalue weighted by molar-refractivity contribution is -0.138. The van der Waals surface area contributed by atoms with E-state index in [9.17, 15) is 13.2 Å². The zero-order valence-electron chi connectivity index (χ0n) is 12.8. The minimum Gasteiger partial charge on any atom is -0.468 e. The van der Waals surface area contributed by atoms with Gasteiger partial charge in [0.15, 0.2) is 0 Å². The topological polar surface area (TPSA) is 75.7 Å². The van der Waals surface area contributed by atoms with Crippen LogP contribution in [0, 0.1) is 6.92 Å². The van der Waals surface area contributed by atoms with Gasteiger partial charge in [-0.3, -0.25) is 4.79 Å². The molecule has 0 saturated heterocycles. The van der Waals surface area contributed by atoms with Crippen molar-refractivity contribution in [3.63, 3.8) is 0 Å². The molecule has 0 atom stereocenters. The van der Waals surface area contributed by atoms with E-state index in [1.165, 1.54) is 11.4 Å². The number of esters is 1. The summed E-state index contributed by atoms with van der Waals surface area (Å²) in [6.45, 7) is 6.17. The second-order valence-corrected chi connectivity index (χ2v) is 6.41. The largest absolute Gasteiger partial charge is 0.468 e. The van der Waals surface area contributed by atoms with Crippen molar-refractivity contribution >= 4 is 21.7 Å². The van der Waals surface area contributed by atoms with Crippen LogP contribution in [0.15, 0.2) is 23.1 Å². The Bertz CT molecular complexity index is 595. The highest BCUT2D eigenvalue weighted by Gasteiger charge is 2.23. The van der Waals surface area contributed by atoms with E-state index in [0.29, 0.717) is 24.3 Å².